The largest absolute Gasteiger partial charge is 0.393 e. The standard InChI is InChI=1S/C12H16ClN5O2/c13-10-9(14)11(16-6-15-10)18-3-4-20-5-8(18)12(19)17-7-1-2-7/h6-8H,1-5,14H2,(H,17,19). The molecule has 3 N–H and O–H groups in total. The maximum Gasteiger partial charge on any atom is 0.245 e. The van der Waals surface area contributed by atoms with E-state index in [-0.39, 0.29) is 11.1 Å². The zero-order chi connectivity index (χ0) is 14.1. The molecule has 1 aliphatic heterocycles. The Morgan fingerprint density at radius 2 is 2.30 bits per heavy atom. The van der Waals surface area contributed by atoms with Gasteiger partial charge in [0.05, 0.1) is 13.2 Å². The highest BCUT2D eigenvalue weighted by Crippen LogP contribution is 2.28. The van der Waals surface area contributed by atoms with Crippen LogP contribution in [-0.2, 0) is 9.53 Å². The fraction of sp³-hybridized carbons (Fsp3) is 0.583. The highest BCUT2D eigenvalue weighted by atomic mass is 35.5. The Kier molecular flexibility index (Phi) is 3.62. The lowest BCUT2D eigenvalue weighted by atomic mass is 10.2. The molecule has 0 radical (unpaired) electrons. The zero-order valence-corrected chi connectivity index (χ0v) is 11.6. The highest BCUT2D eigenvalue weighted by molar-refractivity contribution is 6.32. The molecular weight excluding hydrogens is 282 g/mol. The molecule has 8 heteroatoms. The van der Waals surface area contributed by atoms with Gasteiger partial charge in [-0.2, -0.15) is 0 Å². The SMILES string of the molecule is Nc1c(Cl)ncnc1N1CCOCC1C(=O)NC1CC1. The molecule has 1 atom stereocenters. The van der Waals surface area contributed by atoms with Gasteiger partial charge >= 0.3 is 0 Å². The predicted octanol–water partition coefficient (Wildman–Crippen LogP) is 0.196. The molecule has 1 aromatic heterocycles. The van der Waals surface area contributed by atoms with Crippen LogP contribution in [0.5, 0.6) is 0 Å². The first kappa shape index (κ1) is 13.4. The molecule has 7 nitrogen and oxygen atoms in total. The Morgan fingerprint density at radius 3 is 3.05 bits per heavy atom. The number of carbonyl (C=O) groups excluding carboxylic acids is 1. The quantitative estimate of drug-likeness (QED) is 0.774. The van der Waals surface area contributed by atoms with Crippen LogP contribution in [0.4, 0.5) is 11.5 Å². The van der Waals surface area contributed by atoms with Crippen LogP contribution in [0.25, 0.3) is 0 Å². The van der Waals surface area contributed by atoms with Crippen molar-refractivity contribution in [2.75, 3.05) is 30.4 Å². The second kappa shape index (κ2) is 5.41. The van der Waals surface area contributed by atoms with Gasteiger partial charge in [-0.15, -0.1) is 0 Å². The first-order valence-corrected chi connectivity index (χ1v) is 6.95. The molecule has 1 saturated carbocycles. The molecule has 2 fully saturated rings. The minimum Gasteiger partial charge on any atom is -0.393 e. The summed E-state index contributed by atoms with van der Waals surface area (Å²) in [5.74, 6) is 0.436. The number of nitrogens with two attached hydrogens (primary N) is 1. The van der Waals surface area contributed by atoms with Crippen LogP contribution in [0.2, 0.25) is 5.15 Å². The Labute approximate surface area is 121 Å². The van der Waals surface area contributed by atoms with Crippen LogP contribution in [0.3, 0.4) is 0 Å². The summed E-state index contributed by atoms with van der Waals surface area (Å²) in [6.45, 7) is 1.38. The maximum atomic E-state index is 12.3. The average Bonchev–Trinajstić information content (AvgIpc) is 3.26. The Morgan fingerprint density at radius 1 is 1.50 bits per heavy atom. The Hall–Kier alpha value is -1.60. The van der Waals surface area contributed by atoms with Gasteiger partial charge < -0.3 is 20.7 Å². The van der Waals surface area contributed by atoms with E-state index in [2.05, 4.69) is 15.3 Å². The fourth-order valence-corrected chi connectivity index (χ4v) is 2.32. The molecule has 2 aliphatic rings. The van der Waals surface area contributed by atoms with Gasteiger partial charge in [0.15, 0.2) is 11.0 Å². The zero-order valence-electron chi connectivity index (χ0n) is 10.9. The first-order chi connectivity index (χ1) is 9.66. The molecule has 3 rings (SSSR count). The number of aromatic nitrogens is 2. The molecule has 108 valence electrons. The van der Waals surface area contributed by atoms with E-state index in [9.17, 15) is 4.79 Å². The van der Waals surface area contributed by atoms with Gasteiger partial charge in [-0.3, -0.25) is 4.79 Å². The van der Waals surface area contributed by atoms with E-state index in [1.54, 1.807) is 0 Å². The van der Waals surface area contributed by atoms with Crippen molar-refractivity contribution in [1.29, 1.82) is 0 Å². The summed E-state index contributed by atoms with van der Waals surface area (Å²) >= 11 is 5.92. The number of nitrogens with zero attached hydrogens (tertiary/aromatic N) is 3. The number of rotatable bonds is 3. The van der Waals surface area contributed by atoms with E-state index in [1.165, 1.54) is 6.33 Å². The van der Waals surface area contributed by atoms with Gasteiger partial charge in [0.2, 0.25) is 5.91 Å². The third-order valence-electron chi connectivity index (χ3n) is 3.44. The highest BCUT2D eigenvalue weighted by Gasteiger charge is 2.34. The summed E-state index contributed by atoms with van der Waals surface area (Å²) in [5, 5.41) is 3.18. The number of ether oxygens (including phenoxy) is 1. The van der Waals surface area contributed by atoms with Crippen molar-refractivity contribution >= 4 is 29.0 Å². The third kappa shape index (κ3) is 2.64. The number of hydrogen-bond acceptors (Lipinski definition) is 6. The van der Waals surface area contributed by atoms with Crippen molar-refractivity contribution < 1.29 is 9.53 Å². The number of carbonyl (C=O) groups is 1. The smallest absolute Gasteiger partial charge is 0.245 e. The lowest BCUT2D eigenvalue weighted by molar-refractivity contribution is -0.124. The van der Waals surface area contributed by atoms with Crippen molar-refractivity contribution in [3.8, 4) is 0 Å². The van der Waals surface area contributed by atoms with Crippen molar-refractivity contribution in [3.63, 3.8) is 0 Å². The number of nitrogens with one attached hydrogen (secondary N) is 1. The molecule has 2 heterocycles. The molecule has 1 aliphatic carbocycles. The number of anilines is 2. The molecular formula is C12H16ClN5O2. The summed E-state index contributed by atoms with van der Waals surface area (Å²) in [4.78, 5) is 22.1. The second-order valence-corrected chi connectivity index (χ2v) is 5.33. The maximum absolute atomic E-state index is 12.3. The predicted molar refractivity (Wildman–Crippen MR) is 74.6 cm³/mol. The van der Waals surface area contributed by atoms with Gasteiger partial charge in [-0.1, -0.05) is 11.6 Å². The molecule has 0 spiro atoms. The minimum absolute atomic E-state index is 0.0543. The molecule has 1 amide bonds. The summed E-state index contributed by atoms with van der Waals surface area (Å²) in [6, 6.07) is -0.129. The molecule has 0 bridgehead atoms. The van der Waals surface area contributed by atoms with E-state index >= 15 is 0 Å². The van der Waals surface area contributed by atoms with E-state index in [4.69, 9.17) is 22.1 Å². The summed E-state index contributed by atoms with van der Waals surface area (Å²) in [5.41, 5.74) is 6.21. The lowest BCUT2D eigenvalue weighted by Crippen LogP contribution is -2.54. The number of morpholine rings is 1. The van der Waals surface area contributed by atoms with Crippen molar-refractivity contribution in [2.45, 2.75) is 24.9 Å². The number of halogens is 1. The third-order valence-corrected chi connectivity index (χ3v) is 3.74. The Balaban J connectivity index is 1.84. The van der Waals surface area contributed by atoms with Crippen LogP contribution in [0.15, 0.2) is 6.33 Å². The van der Waals surface area contributed by atoms with Crippen LogP contribution < -0.4 is 16.0 Å². The number of hydrogen-bond donors (Lipinski definition) is 2. The van der Waals surface area contributed by atoms with E-state index < -0.39 is 6.04 Å². The Bertz CT molecular complexity index is 523. The minimum atomic E-state index is -0.433. The number of nitrogen functional groups attached to an aromatic ring is 1. The van der Waals surface area contributed by atoms with Gasteiger partial charge in [0, 0.05) is 12.6 Å². The summed E-state index contributed by atoms with van der Waals surface area (Å²) in [7, 11) is 0. The van der Waals surface area contributed by atoms with Crippen LogP contribution in [0, 0.1) is 0 Å². The number of amides is 1. The van der Waals surface area contributed by atoms with Gasteiger partial charge in [0.1, 0.15) is 18.1 Å². The van der Waals surface area contributed by atoms with Gasteiger partial charge in [-0.25, -0.2) is 9.97 Å². The van der Waals surface area contributed by atoms with E-state index in [0.29, 0.717) is 37.3 Å². The summed E-state index contributed by atoms with van der Waals surface area (Å²) < 4.78 is 5.41. The monoisotopic (exact) mass is 297 g/mol. The van der Waals surface area contributed by atoms with E-state index in [0.717, 1.165) is 12.8 Å². The molecule has 1 unspecified atom stereocenters. The van der Waals surface area contributed by atoms with Crippen LogP contribution in [0.1, 0.15) is 12.8 Å². The van der Waals surface area contributed by atoms with Crippen molar-refractivity contribution in [2.24, 2.45) is 0 Å². The van der Waals surface area contributed by atoms with Crippen LogP contribution in [-0.4, -0.2) is 47.7 Å². The first-order valence-electron chi connectivity index (χ1n) is 6.57. The molecule has 1 aromatic rings. The van der Waals surface area contributed by atoms with E-state index in [1.807, 2.05) is 4.90 Å². The van der Waals surface area contributed by atoms with Crippen molar-refractivity contribution in [3.05, 3.63) is 11.5 Å². The second-order valence-electron chi connectivity index (χ2n) is 4.97. The van der Waals surface area contributed by atoms with Crippen LogP contribution >= 0.6 is 11.6 Å². The molecule has 20 heavy (non-hydrogen) atoms. The lowest BCUT2D eigenvalue weighted by Gasteiger charge is -2.35. The van der Waals surface area contributed by atoms with Gasteiger partial charge in [-0.05, 0) is 12.8 Å². The van der Waals surface area contributed by atoms with Crippen molar-refractivity contribution in [1.82, 2.24) is 15.3 Å². The summed E-state index contributed by atoms with van der Waals surface area (Å²) in [6.07, 6.45) is 3.43. The average molecular weight is 298 g/mol. The normalized spacial score (nSPS) is 22.6. The van der Waals surface area contributed by atoms with Gasteiger partial charge in [0.25, 0.3) is 0 Å². The topological polar surface area (TPSA) is 93.4 Å². The fourth-order valence-electron chi connectivity index (χ4n) is 2.19. The molecule has 0 aromatic carbocycles. The molecule has 1 saturated heterocycles.